The van der Waals surface area contributed by atoms with Crippen LogP contribution in [0.5, 0.6) is 0 Å². The fourth-order valence-corrected chi connectivity index (χ4v) is 3.44. The molecule has 2 heteroatoms. The Bertz CT molecular complexity index is 223. The van der Waals surface area contributed by atoms with Crippen LogP contribution < -0.4 is 0 Å². The molecule has 2 aliphatic rings. The van der Waals surface area contributed by atoms with Crippen molar-refractivity contribution < 1.29 is 0 Å². The van der Waals surface area contributed by atoms with Crippen molar-refractivity contribution in [1.29, 1.82) is 0 Å². The van der Waals surface area contributed by atoms with Gasteiger partial charge in [0.1, 0.15) is 0 Å². The van der Waals surface area contributed by atoms with Gasteiger partial charge in [-0.25, -0.2) is 0 Å². The van der Waals surface area contributed by atoms with Crippen LogP contribution in [0.4, 0.5) is 0 Å². The van der Waals surface area contributed by atoms with Crippen molar-refractivity contribution in [2.45, 2.75) is 45.7 Å². The molecule has 0 amide bonds. The summed E-state index contributed by atoms with van der Waals surface area (Å²) in [6, 6.07) is 0.763. The van der Waals surface area contributed by atoms with Crippen LogP contribution in [0, 0.1) is 5.41 Å². The van der Waals surface area contributed by atoms with Crippen LogP contribution in [0.1, 0.15) is 34.1 Å². The highest BCUT2D eigenvalue weighted by Gasteiger charge is 2.53. The Kier molecular flexibility index (Phi) is 2.20. The maximum atomic E-state index is 2.68. The predicted octanol–water partition coefficient (Wildman–Crippen LogP) is 1.81. The first kappa shape index (κ1) is 10.4. The summed E-state index contributed by atoms with van der Waals surface area (Å²) in [5, 5.41) is 0. The predicted molar refractivity (Wildman–Crippen MR) is 60.5 cm³/mol. The maximum Gasteiger partial charge on any atom is 0.0154 e. The molecule has 0 aromatic heterocycles. The first-order chi connectivity index (χ1) is 6.35. The summed E-state index contributed by atoms with van der Waals surface area (Å²) in [5.41, 5.74) is 0.971. The molecule has 2 heterocycles. The van der Waals surface area contributed by atoms with E-state index >= 15 is 0 Å². The molecule has 2 rings (SSSR count). The number of hydrogen-bond acceptors (Lipinski definition) is 2. The highest BCUT2D eigenvalue weighted by molar-refractivity contribution is 5.07. The number of hydrogen-bond donors (Lipinski definition) is 0. The van der Waals surface area contributed by atoms with E-state index < -0.39 is 0 Å². The molecule has 0 N–H and O–H groups in total. The fourth-order valence-electron chi connectivity index (χ4n) is 3.44. The molecule has 2 nitrogen and oxygen atoms in total. The van der Waals surface area contributed by atoms with Crippen LogP contribution in [0.2, 0.25) is 0 Å². The molecule has 0 radical (unpaired) electrons. The minimum absolute atomic E-state index is 0.344. The van der Waals surface area contributed by atoms with Gasteiger partial charge in [0.05, 0.1) is 0 Å². The van der Waals surface area contributed by atoms with Gasteiger partial charge in [-0.05, 0) is 47.7 Å². The Morgan fingerprint density at radius 2 is 1.79 bits per heavy atom. The molecule has 2 aliphatic heterocycles. The number of likely N-dealkylation sites (tertiary alicyclic amines) is 2. The van der Waals surface area contributed by atoms with Gasteiger partial charge in [0, 0.05) is 30.1 Å². The molecular formula is C12H24N2. The van der Waals surface area contributed by atoms with E-state index in [2.05, 4.69) is 44.5 Å². The van der Waals surface area contributed by atoms with Crippen molar-refractivity contribution >= 4 is 0 Å². The van der Waals surface area contributed by atoms with Gasteiger partial charge in [0.15, 0.2) is 0 Å². The Labute approximate surface area is 88.3 Å². The molecule has 0 aliphatic carbocycles. The zero-order chi connectivity index (χ0) is 10.6. The minimum Gasteiger partial charge on any atom is -0.305 e. The molecule has 82 valence electrons. The molecule has 0 unspecified atom stereocenters. The van der Waals surface area contributed by atoms with Crippen LogP contribution >= 0.6 is 0 Å². The molecule has 14 heavy (non-hydrogen) atoms. The zero-order valence-electron chi connectivity index (χ0n) is 10.3. The summed E-state index contributed by atoms with van der Waals surface area (Å²) in [4.78, 5) is 5.13. The molecule has 0 aromatic rings. The smallest absolute Gasteiger partial charge is 0.0154 e. The lowest BCUT2D eigenvalue weighted by Gasteiger charge is -2.51. The lowest BCUT2D eigenvalue weighted by atomic mass is 9.74. The van der Waals surface area contributed by atoms with E-state index in [0.717, 1.165) is 6.04 Å². The van der Waals surface area contributed by atoms with Crippen molar-refractivity contribution in [3.8, 4) is 0 Å². The lowest BCUT2D eigenvalue weighted by Crippen LogP contribution is -2.60. The molecular weight excluding hydrogens is 172 g/mol. The van der Waals surface area contributed by atoms with E-state index in [1.165, 1.54) is 26.1 Å². The van der Waals surface area contributed by atoms with Crippen LogP contribution in [0.3, 0.4) is 0 Å². The first-order valence-electron chi connectivity index (χ1n) is 5.80. The molecule has 2 saturated heterocycles. The summed E-state index contributed by atoms with van der Waals surface area (Å²) < 4.78 is 0. The van der Waals surface area contributed by atoms with Crippen molar-refractivity contribution in [3.05, 3.63) is 0 Å². The molecule has 2 fully saturated rings. The third-order valence-electron chi connectivity index (χ3n) is 4.24. The molecule has 1 spiro atoms. The Hall–Kier alpha value is -0.0800. The van der Waals surface area contributed by atoms with E-state index in [-0.39, 0.29) is 0 Å². The quantitative estimate of drug-likeness (QED) is 0.583. The van der Waals surface area contributed by atoms with Crippen molar-refractivity contribution in [1.82, 2.24) is 9.80 Å². The SMILES string of the molecule is C[C@@H]1N(C(C)(C)C)CCC12CN(C)C2. The second-order valence-corrected chi connectivity index (χ2v) is 6.32. The molecule has 1 atom stereocenters. The summed E-state index contributed by atoms with van der Waals surface area (Å²) in [5.74, 6) is 0. The van der Waals surface area contributed by atoms with Gasteiger partial charge in [-0.2, -0.15) is 0 Å². The average Bonchev–Trinajstić information content (AvgIpc) is 2.27. The van der Waals surface area contributed by atoms with Gasteiger partial charge < -0.3 is 4.90 Å². The van der Waals surface area contributed by atoms with Crippen molar-refractivity contribution in [2.75, 3.05) is 26.7 Å². The third-order valence-corrected chi connectivity index (χ3v) is 4.24. The highest BCUT2D eigenvalue weighted by Crippen LogP contribution is 2.45. The highest BCUT2D eigenvalue weighted by atomic mass is 15.3. The third kappa shape index (κ3) is 1.40. The zero-order valence-corrected chi connectivity index (χ0v) is 10.3. The Balaban J connectivity index is 2.08. The van der Waals surface area contributed by atoms with Crippen LogP contribution in [-0.4, -0.2) is 48.1 Å². The summed E-state index contributed by atoms with van der Waals surface area (Å²) in [6.07, 6.45) is 1.40. The van der Waals surface area contributed by atoms with Gasteiger partial charge in [-0.3, -0.25) is 4.90 Å². The minimum atomic E-state index is 0.344. The first-order valence-corrected chi connectivity index (χ1v) is 5.80. The van der Waals surface area contributed by atoms with E-state index in [1.54, 1.807) is 0 Å². The number of nitrogens with zero attached hydrogens (tertiary/aromatic N) is 2. The second-order valence-electron chi connectivity index (χ2n) is 6.32. The van der Waals surface area contributed by atoms with Gasteiger partial charge in [0.25, 0.3) is 0 Å². The van der Waals surface area contributed by atoms with Gasteiger partial charge in [-0.15, -0.1) is 0 Å². The molecule has 0 bridgehead atoms. The van der Waals surface area contributed by atoms with Crippen LogP contribution in [0.25, 0.3) is 0 Å². The van der Waals surface area contributed by atoms with Gasteiger partial charge >= 0.3 is 0 Å². The molecule has 0 aromatic carbocycles. The topological polar surface area (TPSA) is 6.48 Å². The van der Waals surface area contributed by atoms with Crippen molar-refractivity contribution in [2.24, 2.45) is 5.41 Å². The van der Waals surface area contributed by atoms with E-state index in [4.69, 9.17) is 0 Å². The van der Waals surface area contributed by atoms with Crippen LogP contribution in [0.15, 0.2) is 0 Å². The monoisotopic (exact) mass is 196 g/mol. The Morgan fingerprint density at radius 1 is 1.21 bits per heavy atom. The van der Waals surface area contributed by atoms with Crippen LogP contribution in [-0.2, 0) is 0 Å². The van der Waals surface area contributed by atoms with Gasteiger partial charge in [-0.1, -0.05) is 0 Å². The lowest BCUT2D eigenvalue weighted by molar-refractivity contribution is -0.0193. The summed E-state index contributed by atoms with van der Waals surface area (Å²) in [6.45, 7) is 13.3. The molecule has 0 saturated carbocycles. The van der Waals surface area contributed by atoms with E-state index in [0.29, 0.717) is 11.0 Å². The normalized spacial score (nSPS) is 33.6. The van der Waals surface area contributed by atoms with E-state index in [9.17, 15) is 0 Å². The standard InChI is InChI=1S/C12H24N2/c1-10-12(8-13(5)9-12)6-7-14(10)11(2,3)4/h10H,6-9H2,1-5H3/t10-/m0/s1. The van der Waals surface area contributed by atoms with E-state index in [1.807, 2.05) is 0 Å². The van der Waals surface area contributed by atoms with Crippen molar-refractivity contribution in [3.63, 3.8) is 0 Å². The Morgan fingerprint density at radius 3 is 2.14 bits per heavy atom. The summed E-state index contributed by atoms with van der Waals surface area (Å²) in [7, 11) is 2.23. The second kappa shape index (κ2) is 2.96. The van der Waals surface area contributed by atoms with Gasteiger partial charge in [0.2, 0.25) is 0 Å². The maximum absolute atomic E-state index is 2.68. The fraction of sp³-hybridized carbons (Fsp3) is 1.00. The number of rotatable bonds is 0. The average molecular weight is 196 g/mol. The summed E-state index contributed by atoms with van der Waals surface area (Å²) >= 11 is 0. The largest absolute Gasteiger partial charge is 0.305 e.